The SMILES string of the molecule is CN(C(=O)C1C2CCCCC21)C1COCC1C(=O)O. The Balaban J connectivity index is 1.65. The fourth-order valence-corrected chi connectivity index (χ4v) is 3.92. The quantitative estimate of drug-likeness (QED) is 0.827. The summed E-state index contributed by atoms with van der Waals surface area (Å²) in [5.74, 6) is -0.0186. The van der Waals surface area contributed by atoms with Crippen LogP contribution in [-0.4, -0.2) is 48.2 Å². The van der Waals surface area contributed by atoms with E-state index in [4.69, 9.17) is 9.84 Å². The molecule has 0 aromatic rings. The van der Waals surface area contributed by atoms with Gasteiger partial charge in [-0.2, -0.15) is 0 Å². The van der Waals surface area contributed by atoms with Crippen LogP contribution in [0.4, 0.5) is 0 Å². The molecule has 0 aromatic heterocycles. The fraction of sp³-hybridized carbons (Fsp3) is 0.857. The van der Waals surface area contributed by atoms with Crippen LogP contribution in [0.3, 0.4) is 0 Å². The van der Waals surface area contributed by atoms with Gasteiger partial charge in [-0.15, -0.1) is 0 Å². The summed E-state index contributed by atoms with van der Waals surface area (Å²) in [4.78, 5) is 25.3. The van der Waals surface area contributed by atoms with Gasteiger partial charge in [-0.1, -0.05) is 12.8 Å². The second kappa shape index (κ2) is 4.78. The molecule has 4 atom stereocenters. The molecule has 2 saturated carbocycles. The van der Waals surface area contributed by atoms with Crippen molar-refractivity contribution in [3.63, 3.8) is 0 Å². The van der Waals surface area contributed by atoms with E-state index in [0.29, 0.717) is 18.4 Å². The second-order valence-corrected chi connectivity index (χ2v) is 6.14. The Labute approximate surface area is 112 Å². The Hall–Kier alpha value is -1.10. The predicted molar refractivity (Wildman–Crippen MR) is 67.4 cm³/mol. The van der Waals surface area contributed by atoms with Gasteiger partial charge in [-0.3, -0.25) is 9.59 Å². The van der Waals surface area contributed by atoms with E-state index in [9.17, 15) is 9.59 Å². The van der Waals surface area contributed by atoms with E-state index in [1.807, 2.05) is 0 Å². The van der Waals surface area contributed by atoms with Crippen LogP contribution in [0.5, 0.6) is 0 Å². The van der Waals surface area contributed by atoms with Crippen LogP contribution < -0.4 is 0 Å². The number of aliphatic carboxylic acids is 1. The summed E-state index contributed by atoms with van der Waals surface area (Å²) in [6.45, 7) is 0.566. The summed E-state index contributed by atoms with van der Waals surface area (Å²) in [5, 5.41) is 9.16. The molecule has 3 aliphatic rings. The molecular weight excluding hydrogens is 246 g/mol. The maximum absolute atomic E-state index is 12.5. The number of rotatable bonds is 3. The molecule has 106 valence electrons. The molecule has 3 fully saturated rings. The van der Waals surface area contributed by atoms with E-state index >= 15 is 0 Å². The highest BCUT2D eigenvalue weighted by atomic mass is 16.5. The molecule has 5 heteroatoms. The Kier molecular flexibility index (Phi) is 3.25. The summed E-state index contributed by atoms with van der Waals surface area (Å²) in [6.07, 6.45) is 4.80. The van der Waals surface area contributed by atoms with E-state index in [2.05, 4.69) is 0 Å². The van der Waals surface area contributed by atoms with Crippen molar-refractivity contribution in [1.29, 1.82) is 0 Å². The topological polar surface area (TPSA) is 66.8 Å². The van der Waals surface area contributed by atoms with Crippen LogP contribution in [0.15, 0.2) is 0 Å². The number of likely N-dealkylation sites (N-methyl/N-ethyl adjacent to an activating group) is 1. The van der Waals surface area contributed by atoms with Gasteiger partial charge in [0.1, 0.15) is 5.92 Å². The van der Waals surface area contributed by atoms with Gasteiger partial charge in [-0.25, -0.2) is 0 Å². The monoisotopic (exact) mass is 267 g/mol. The molecule has 1 N–H and O–H groups in total. The highest BCUT2D eigenvalue weighted by molar-refractivity contribution is 5.83. The third-order valence-corrected chi connectivity index (χ3v) is 5.15. The Bertz CT molecular complexity index is 385. The summed E-state index contributed by atoms with van der Waals surface area (Å²) >= 11 is 0. The van der Waals surface area contributed by atoms with Gasteiger partial charge in [0, 0.05) is 13.0 Å². The van der Waals surface area contributed by atoms with Gasteiger partial charge < -0.3 is 14.7 Å². The van der Waals surface area contributed by atoms with Crippen molar-refractivity contribution in [3.05, 3.63) is 0 Å². The minimum Gasteiger partial charge on any atom is -0.481 e. The third kappa shape index (κ3) is 2.14. The first kappa shape index (κ1) is 12.9. The predicted octanol–water partition coefficient (Wildman–Crippen LogP) is 0.981. The zero-order chi connectivity index (χ0) is 13.6. The molecule has 1 amide bonds. The minimum atomic E-state index is -0.865. The molecule has 0 spiro atoms. The van der Waals surface area contributed by atoms with Crippen LogP contribution >= 0.6 is 0 Å². The maximum Gasteiger partial charge on any atom is 0.311 e. The van der Waals surface area contributed by atoms with Crippen LogP contribution in [0.25, 0.3) is 0 Å². The molecule has 0 aromatic carbocycles. The van der Waals surface area contributed by atoms with Crippen molar-refractivity contribution in [2.45, 2.75) is 31.7 Å². The van der Waals surface area contributed by atoms with Crippen LogP contribution in [0.2, 0.25) is 0 Å². The van der Waals surface area contributed by atoms with E-state index in [1.165, 1.54) is 25.7 Å². The number of carboxylic acids is 1. The van der Waals surface area contributed by atoms with Crippen molar-refractivity contribution in [2.24, 2.45) is 23.7 Å². The first-order chi connectivity index (χ1) is 9.11. The van der Waals surface area contributed by atoms with Gasteiger partial charge in [0.05, 0.1) is 19.3 Å². The van der Waals surface area contributed by atoms with Crippen molar-refractivity contribution in [3.8, 4) is 0 Å². The number of carbonyl (C=O) groups is 2. The number of carbonyl (C=O) groups excluding carboxylic acids is 1. The molecule has 1 heterocycles. The number of hydrogen-bond donors (Lipinski definition) is 1. The lowest BCUT2D eigenvalue weighted by molar-refractivity contribution is -0.144. The molecule has 0 radical (unpaired) electrons. The third-order valence-electron chi connectivity index (χ3n) is 5.15. The van der Waals surface area contributed by atoms with Crippen LogP contribution in [-0.2, 0) is 14.3 Å². The smallest absolute Gasteiger partial charge is 0.311 e. The van der Waals surface area contributed by atoms with Gasteiger partial charge in [0.15, 0.2) is 0 Å². The Morgan fingerprint density at radius 1 is 1.16 bits per heavy atom. The van der Waals surface area contributed by atoms with Crippen LogP contribution in [0, 0.1) is 23.7 Å². The Morgan fingerprint density at radius 3 is 2.37 bits per heavy atom. The largest absolute Gasteiger partial charge is 0.481 e. The lowest BCUT2D eigenvalue weighted by Crippen LogP contribution is -2.45. The molecule has 0 bridgehead atoms. The van der Waals surface area contributed by atoms with E-state index in [-0.39, 0.29) is 24.5 Å². The molecule has 4 unspecified atom stereocenters. The van der Waals surface area contributed by atoms with Gasteiger partial charge in [0.2, 0.25) is 5.91 Å². The summed E-state index contributed by atoms with van der Waals surface area (Å²) in [6, 6.07) is -0.298. The number of hydrogen-bond acceptors (Lipinski definition) is 3. The van der Waals surface area contributed by atoms with Gasteiger partial charge in [0.25, 0.3) is 0 Å². The summed E-state index contributed by atoms with van der Waals surface area (Å²) < 4.78 is 5.25. The first-order valence-electron chi connectivity index (χ1n) is 7.18. The molecule has 19 heavy (non-hydrogen) atoms. The molecule has 2 aliphatic carbocycles. The van der Waals surface area contributed by atoms with E-state index < -0.39 is 11.9 Å². The highest BCUT2D eigenvalue weighted by Gasteiger charge is 2.56. The van der Waals surface area contributed by atoms with Gasteiger partial charge >= 0.3 is 5.97 Å². The van der Waals surface area contributed by atoms with Crippen molar-refractivity contribution >= 4 is 11.9 Å². The fourth-order valence-electron chi connectivity index (χ4n) is 3.92. The van der Waals surface area contributed by atoms with Gasteiger partial charge in [-0.05, 0) is 24.7 Å². The van der Waals surface area contributed by atoms with Crippen LogP contribution in [0.1, 0.15) is 25.7 Å². The molecule has 5 nitrogen and oxygen atoms in total. The lowest BCUT2D eigenvalue weighted by atomic mass is 10.0. The molecule has 1 saturated heterocycles. The summed E-state index contributed by atoms with van der Waals surface area (Å²) in [7, 11) is 1.74. The molecule has 1 aliphatic heterocycles. The highest BCUT2D eigenvalue weighted by Crippen LogP contribution is 2.56. The number of fused-ring (bicyclic) bond motifs is 1. The van der Waals surface area contributed by atoms with E-state index in [1.54, 1.807) is 11.9 Å². The second-order valence-electron chi connectivity index (χ2n) is 6.14. The van der Waals surface area contributed by atoms with E-state index in [0.717, 1.165) is 0 Å². The van der Waals surface area contributed by atoms with Crippen molar-refractivity contribution < 1.29 is 19.4 Å². The van der Waals surface area contributed by atoms with Crippen molar-refractivity contribution in [1.82, 2.24) is 4.90 Å². The average Bonchev–Trinajstić information content (AvgIpc) is 2.91. The number of amides is 1. The molecule has 3 rings (SSSR count). The normalized spacial score (nSPS) is 40.6. The standard InChI is InChI=1S/C14H21NO4/c1-15(11-7-19-6-10(11)14(17)18)13(16)12-8-4-2-3-5-9(8)12/h8-12H,2-7H2,1H3,(H,17,18). The number of nitrogens with zero attached hydrogens (tertiary/aromatic N) is 1. The first-order valence-corrected chi connectivity index (χ1v) is 7.18. The maximum atomic E-state index is 12.5. The number of carboxylic acid groups (broad SMARTS) is 1. The lowest BCUT2D eigenvalue weighted by Gasteiger charge is -2.26. The Morgan fingerprint density at radius 2 is 1.79 bits per heavy atom. The zero-order valence-corrected chi connectivity index (χ0v) is 11.2. The summed E-state index contributed by atoms with van der Waals surface area (Å²) in [5.41, 5.74) is 0. The van der Waals surface area contributed by atoms with Crippen molar-refractivity contribution in [2.75, 3.05) is 20.3 Å². The average molecular weight is 267 g/mol. The number of ether oxygens (including phenoxy) is 1. The minimum absolute atomic E-state index is 0.138. The molecular formula is C14H21NO4. The zero-order valence-electron chi connectivity index (χ0n) is 11.2.